The van der Waals surface area contributed by atoms with E-state index >= 15 is 0 Å². The second kappa shape index (κ2) is 5.43. The van der Waals surface area contributed by atoms with E-state index < -0.39 is 0 Å². The Morgan fingerprint density at radius 1 is 1.42 bits per heavy atom. The SMILES string of the molecule is CN(C)C(=O)c1ccc(NCc2ccno2)c(N)c1. The molecule has 0 radical (unpaired) electrons. The van der Waals surface area contributed by atoms with Crippen molar-refractivity contribution in [3.05, 3.63) is 41.8 Å². The first-order valence-electron chi connectivity index (χ1n) is 5.82. The van der Waals surface area contributed by atoms with E-state index in [1.807, 2.05) is 0 Å². The predicted molar refractivity (Wildman–Crippen MR) is 72.7 cm³/mol. The largest absolute Gasteiger partial charge is 0.397 e. The summed E-state index contributed by atoms with van der Waals surface area (Å²) in [7, 11) is 3.41. The highest BCUT2D eigenvalue weighted by Gasteiger charge is 2.10. The molecule has 0 bridgehead atoms. The molecule has 0 aliphatic rings. The van der Waals surface area contributed by atoms with Crippen molar-refractivity contribution in [2.45, 2.75) is 6.54 Å². The Morgan fingerprint density at radius 2 is 2.21 bits per heavy atom. The normalized spacial score (nSPS) is 10.2. The molecule has 0 atom stereocenters. The smallest absolute Gasteiger partial charge is 0.253 e. The third kappa shape index (κ3) is 3.04. The summed E-state index contributed by atoms with van der Waals surface area (Å²) in [4.78, 5) is 13.3. The number of nitrogens with two attached hydrogens (primary N) is 1. The van der Waals surface area contributed by atoms with E-state index in [0.717, 1.165) is 5.69 Å². The number of benzene rings is 1. The number of carbonyl (C=O) groups excluding carboxylic acids is 1. The van der Waals surface area contributed by atoms with Gasteiger partial charge in [-0.25, -0.2) is 0 Å². The Bertz CT molecular complexity index is 564. The van der Waals surface area contributed by atoms with Crippen LogP contribution in [0, 0.1) is 0 Å². The molecule has 6 nitrogen and oxygen atoms in total. The molecule has 0 saturated carbocycles. The zero-order valence-electron chi connectivity index (χ0n) is 10.9. The van der Waals surface area contributed by atoms with E-state index in [-0.39, 0.29) is 5.91 Å². The molecular weight excluding hydrogens is 244 g/mol. The van der Waals surface area contributed by atoms with Gasteiger partial charge in [0.05, 0.1) is 24.1 Å². The Morgan fingerprint density at radius 3 is 2.79 bits per heavy atom. The molecule has 0 fully saturated rings. The van der Waals surface area contributed by atoms with Crippen LogP contribution in [0.1, 0.15) is 16.1 Å². The molecule has 2 aromatic rings. The first-order chi connectivity index (χ1) is 9.08. The average Bonchev–Trinajstić information content (AvgIpc) is 2.89. The number of amides is 1. The third-order valence-corrected chi connectivity index (χ3v) is 2.65. The number of nitrogens with one attached hydrogen (secondary N) is 1. The lowest BCUT2D eigenvalue weighted by Gasteiger charge is -2.13. The Labute approximate surface area is 111 Å². The quantitative estimate of drug-likeness (QED) is 0.815. The van der Waals surface area contributed by atoms with Crippen molar-refractivity contribution in [1.29, 1.82) is 0 Å². The van der Waals surface area contributed by atoms with Crippen molar-refractivity contribution >= 4 is 17.3 Å². The van der Waals surface area contributed by atoms with Crippen molar-refractivity contribution in [2.24, 2.45) is 0 Å². The Kier molecular flexibility index (Phi) is 3.70. The first-order valence-corrected chi connectivity index (χ1v) is 5.82. The van der Waals surface area contributed by atoms with E-state index in [0.29, 0.717) is 23.6 Å². The van der Waals surface area contributed by atoms with Gasteiger partial charge in [0.2, 0.25) is 0 Å². The molecule has 19 heavy (non-hydrogen) atoms. The molecule has 1 aromatic carbocycles. The van der Waals surface area contributed by atoms with E-state index in [9.17, 15) is 4.79 Å². The van der Waals surface area contributed by atoms with Crippen molar-refractivity contribution in [2.75, 3.05) is 25.1 Å². The van der Waals surface area contributed by atoms with Gasteiger partial charge < -0.3 is 20.5 Å². The van der Waals surface area contributed by atoms with Crippen molar-refractivity contribution in [3.8, 4) is 0 Å². The van der Waals surface area contributed by atoms with Crippen molar-refractivity contribution in [1.82, 2.24) is 10.1 Å². The lowest BCUT2D eigenvalue weighted by molar-refractivity contribution is 0.0827. The fraction of sp³-hybridized carbons (Fsp3) is 0.231. The van der Waals surface area contributed by atoms with Gasteiger partial charge >= 0.3 is 0 Å². The fourth-order valence-corrected chi connectivity index (χ4v) is 1.63. The summed E-state index contributed by atoms with van der Waals surface area (Å²) in [5.41, 5.74) is 7.76. The predicted octanol–water partition coefficient (Wildman–Crippen LogP) is 1.57. The van der Waals surface area contributed by atoms with Gasteiger partial charge in [-0.2, -0.15) is 0 Å². The van der Waals surface area contributed by atoms with Crippen molar-refractivity contribution in [3.63, 3.8) is 0 Å². The fourth-order valence-electron chi connectivity index (χ4n) is 1.63. The summed E-state index contributed by atoms with van der Waals surface area (Å²) in [6.45, 7) is 0.491. The van der Waals surface area contributed by atoms with Crippen LogP contribution in [0.5, 0.6) is 0 Å². The standard InChI is InChI=1S/C13H16N4O2/c1-17(2)13(18)9-3-4-12(11(14)7-9)15-8-10-5-6-16-19-10/h3-7,15H,8,14H2,1-2H3. The number of anilines is 2. The average molecular weight is 260 g/mol. The summed E-state index contributed by atoms with van der Waals surface area (Å²) in [6.07, 6.45) is 1.58. The van der Waals surface area contributed by atoms with Gasteiger partial charge in [0.15, 0.2) is 5.76 Å². The lowest BCUT2D eigenvalue weighted by atomic mass is 10.1. The molecule has 1 aromatic heterocycles. The molecule has 0 aliphatic carbocycles. The second-order valence-corrected chi connectivity index (χ2v) is 4.33. The van der Waals surface area contributed by atoms with E-state index in [1.54, 1.807) is 44.6 Å². The van der Waals surface area contributed by atoms with Gasteiger partial charge in [-0.15, -0.1) is 0 Å². The summed E-state index contributed by atoms with van der Waals surface area (Å²) in [5.74, 6) is 0.640. The number of aromatic nitrogens is 1. The maximum absolute atomic E-state index is 11.8. The number of rotatable bonds is 4. The highest BCUT2D eigenvalue weighted by atomic mass is 16.5. The van der Waals surface area contributed by atoms with Gasteiger partial charge in [-0.05, 0) is 18.2 Å². The zero-order valence-corrected chi connectivity index (χ0v) is 10.9. The van der Waals surface area contributed by atoms with Crippen LogP contribution in [0.4, 0.5) is 11.4 Å². The zero-order chi connectivity index (χ0) is 13.8. The maximum atomic E-state index is 11.8. The molecule has 6 heteroatoms. The van der Waals surface area contributed by atoms with Gasteiger partial charge in [0.25, 0.3) is 5.91 Å². The highest BCUT2D eigenvalue weighted by molar-refractivity contribution is 5.95. The number of nitrogen functional groups attached to an aromatic ring is 1. The Hall–Kier alpha value is -2.50. The number of hydrogen-bond acceptors (Lipinski definition) is 5. The topological polar surface area (TPSA) is 84.4 Å². The molecule has 1 amide bonds. The summed E-state index contributed by atoms with van der Waals surface area (Å²) in [6, 6.07) is 6.95. The molecular formula is C13H16N4O2. The van der Waals surface area contributed by atoms with Gasteiger partial charge in [-0.1, -0.05) is 5.16 Å². The summed E-state index contributed by atoms with van der Waals surface area (Å²) >= 11 is 0. The van der Waals surface area contributed by atoms with Crippen LogP contribution in [0.15, 0.2) is 35.0 Å². The number of nitrogens with zero attached hydrogens (tertiary/aromatic N) is 2. The Balaban J connectivity index is 2.09. The van der Waals surface area contributed by atoms with Gasteiger partial charge in [0.1, 0.15) is 0 Å². The van der Waals surface area contributed by atoms with Crippen LogP contribution in [-0.2, 0) is 6.54 Å². The van der Waals surface area contributed by atoms with Crippen molar-refractivity contribution < 1.29 is 9.32 Å². The molecule has 0 aliphatic heterocycles. The van der Waals surface area contributed by atoms with E-state index in [2.05, 4.69) is 10.5 Å². The van der Waals surface area contributed by atoms with Gasteiger partial charge in [-0.3, -0.25) is 4.79 Å². The third-order valence-electron chi connectivity index (χ3n) is 2.65. The molecule has 2 rings (SSSR count). The maximum Gasteiger partial charge on any atom is 0.253 e. The van der Waals surface area contributed by atoms with Crippen LogP contribution in [0.3, 0.4) is 0 Å². The lowest BCUT2D eigenvalue weighted by Crippen LogP contribution is -2.21. The first kappa shape index (κ1) is 12.9. The molecule has 3 N–H and O–H groups in total. The van der Waals surface area contributed by atoms with Crippen LogP contribution < -0.4 is 11.1 Å². The molecule has 0 unspecified atom stereocenters. The van der Waals surface area contributed by atoms with Crippen LogP contribution in [0.2, 0.25) is 0 Å². The minimum Gasteiger partial charge on any atom is -0.397 e. The number of carbonyl (C=O) groups is 1. The summed E-state index contributed by atoms with van der Waals surface area (Å²) < 4.78 is 4.97. The number of hydrogen-bond donors (Lipinski definition) is 2. The summed E-state index contributed by atoms with van der Waals surface area (Å²) in [5, 5.41) is 6.74. The van der Waals surface area contributed by atoms with Gasteiger partial charge in [0, 0.05) is 25.7 Å². The van der Waals surface area contributed by atoms with E-state index in [1.165, 1.54) is 4.90 Å². The van der Waals surface area contributed by atoms with Crippen LogP contribution >= 0.6 is 0 Å². The molecule has 0 saturated heterocycles. The van der Waals surface area contributed by atoms with Crippen LogP contribution in [0.25, 0.3) is 0 Å². The highest BCUT2D eigenvalue weighted by Crippen LogP contribution is 2.21. The molecule has 1 heterocycles. The second-order valence-electron chi connectivity index (χ2n) is 4.33. The van der Waals surface area contributed by atoms with E-state index in [4.69, 9.17) is 10.3 Å². The molecule has 100 valence electrons. The minimum atomic E-state index is -0.0755. The minimum absolute atomic E-state index is 0.0755. The molecule has 0 spiro atoms. The van der Waals surface area contributed by atoms with Crippen LogP contribution in [-0.4, -0.2) is 30.1 Å². The monoisotopic (exact) mass is 260 g/mol.